The molecule has 0 unspecified atom stereocenters. The van der Waals surface area contributed by atoms with Crippen LogP contribution in [0, 0.1) is 0 Å². The molecule has 17 heavy (non-hydrogen) atoms. The Balaban J connectivity index is 3.09. The Morgan fingerprint density at radius 3 is 2.47 bits per heavy atom. The summed E-state index contributed by atoms with van der Waals surface area (Å²) in [5.41, 5.74) is 0.970. The lowest BCUT2D eigenvalue weighted by Crippen LogP contribution is -1.98. The second-order valence-corrected chi connectivity index (χ2v) is 4.06. The van der Waals surface area contributed by atoms with Crippen LogP contribution in [0.25, 0.3) is 0 Å². The number of hydrogen-bond donors (Lipinski definition) is 0. The summed E-state index contributed by atoms with van der Waals surface area (Å²) >= 11 is 1.04. The highest BCUT2D eigenvalue weighted by molar-refractivity contribution is 7.95. The van der Waals surface area contributed by atoms with Crippen molar-refractivity contribution < 1.29 is 18.5 Å². The van der Waals surface area contributed by atoms with Gasteiger partial charge in [-0.05, 0) is 18.6 Å². The summed E-state index contributed by atoms with van der Waals surface area (Å²) in [6, 6.07) is 3.65. The molecule has 1 rings (SSSR count). The smallest absolute Gasteiger partial charge is 0.315 e. The van der Waals surface area contributed by atoms with E-state index in [-0.39, 0.29) is 5.97 Å². The molecule has 0 aromatic heterocycles. The summed E-state index contributed by atoms with van der Waals surface area (Å²) < 4.78 is 15.5. The summed E-state index contributed by atoms with van der Waals surface area (Å²) in [5, 5.41) is 0. The van der Waals surface area contributed by atoms with Gasteiger partial charge in [0.2, 0.25) is 0 Å². The van der Waals surface area contributed by atoms with Crippen LogP contribution in [-0.4, -0.2) is 20.2 Å². The van der Waals surface area contributed by atoms with Gasteiger partial charge in [0.15, 0.2) is 11.5 Å². The van der Waals surface area contributed by atoms with Gasteiger partial charge in [0.05, 0.1) is 31.2 Å². The Morgan fingerprint density at radius 2 is 2.00 bits per heavy atom. The van der Waals surface area contributed by atoms with E-state index in [1.165, 1.54) is 6.92 Å². The largest absolute Gasteiger partial charge is 0.493 e. The van der Waals surface area contributed by atoms with Gasteiger partial charge in [-0.15, -0.1) is 0 Å². The molecule has 5 heteroatoms. The molecule has 94 valence electrons. The molecular formula is C12H16O4S. The van der Waals surface area contributed by atoms with Crippen molar-refractivity contribution in [2.24, 2.45) is 0 Å². The van der Waals surface area contributed by atoms with Crippen LogP contribution in [-0.2, 0) is 15.4 Å². The Kier molecular flexibility index (Phi) is 5.15. The highest BCUT2D eigenvalue weighted by Crippen LogP contribution is 2.38. The Bertz CT molecular complexity index is 404. The van der Waals surface area contributed by atoms with Gasteiger partial charge in [-0.1, -0.05) is 6.92 Å². The normalized spacial score (nSPS) is 9.88. The minimum Gasteiger partial charge on any atom is -0.493 e. The maximum atomic E-state index is 10.8. The fraction of sp³-hybridized carbons (Fsp3) is 0.417. The monoisotopic (exact) mass is 256 g/mol. The SMILES string of the molecule is CCc1c(SOC(C)=O)ccc(OC)c1OC. The highest BCUT2D eigenvalue weighted by atomic mass is 32.2. The first-order chi connectivity index (χ1) is 8.13. The average molecular weight is 256 g/mol. The van der Waals surface area contributed by atoms with Crippen molar-refractivity contribution >= 4 is 18.0 Å². The molecule has 0 atom stereocenters. The topological polar surface area (TPSA) is 44.8 Å². The van der Waals surface area contributed by atoms with Gasteiger partial charge in [-0.25, -0.2) is 0 Å². The first kappa shape index (κ1) is 13.7. The lowest BCUT2D eigenvalue weighted by Gasteiger charge is -2.14. The molecule has 0 saturated carbocycles. The molecule has 1 aromatic rings. The third kappa shape index (κ3) is 3.30. The molecule has 0 aliphatic carbocycles. The standard InChI is InChI=1S/C12H16O4S/c1-5-9-11(17-16-8(2)13)7-6-10(14-3)12(9)15-4/h6-7H,5H2,1-4H3. The maximum Gasteiger partial charge on any atom is 0.315 e. The van der Waals surface area contributed by atoms with Crippen LogP contribution in [0.1, 0.15) is 19.4 Å². The summed E-state index contributed by atoms with van der Waals surface area (Å²) in [4.78, 5) is 11.7. The van der Waals surface area contributed by atoms with Crippen LogP contribution >= 0.6 is 12.0 Å². The van der Waals surface area contributed by atoms with Crippen molar-refractivity contribution in [1.82, 2.24) is 0 Å². The molecule has 0 aliphatic rings. The molecule has 0 N–H and O–H groups in total. The molecule has 0 saturated heterocycles. The van der Waals surface area contributed by atoms with Crippen LogP contribution in [0.5, 0.6) is 11.5 Å². The van der Waals surface area contributed by atoms with Crippen molar-refractivity contribution in [3.8, 4) is 11.5 Å². The maximum absolute atomic E-state index is 10.8. The lowest BCUT2D eigenvalue weighted by molar-refractivity contribution is -0.130. The molecule has 0 amide bonds. The van der Waals surface area contributed by atoms with Crippen molar-refractivity contribution in [2.75, 3.05) is 14.2 Å². The van der Waals surface area contributed by atoms with Crippen LogP contribution in [0.2, 0.25) is 0 Å². The minimum absolute atomic E-state index is 0.327. The molecular weight excluding hydrogens is 240 g/mol. The van der Waals surface area contributed by atoms with Gasteiger partial charge >= 0.3 is 5.97 Å². The molecule has 0 heterocycles. The Labute approximate surface area is 105 Å². The number of carbonyl (C=O) groups is 1. The summed E-state index contributed by atoms with van der Waals surface area (Å²) in [5.74, 6) is 1.04. The molecule has 0 fully saturated rings. The van der Waals surface area contributed by atoms with Crippen LogP contribution in [0.3, 0.4) is 0 Å². The van der Waals surface area contributed by atoms with Gasteiger partial charge < -0.3 is 13.7 Å². The van der Waals surface area contributed by atoms with E-state index in [1.54, 1.807) is 20.3 Å². The second kappa shape index (κ2) is 6.39. The van der Waals surface area contributed by atoms with Gasteiger partial charge in [-0.2, -0.15) is 0 Å². The summed E-state index contributed by atoms with van der Waals surface area (Å²) in [7, 11) is 3.19. The Hall–Kier alpha value is -1.36. The average Bonchev–Trinajstić information content (AvgIpc) is 2.34. The molecule has 1 aromatic carbocycles. The zero-order chi connectivity index (χ0) is 12.8. The van der Waals surface area contributed by atoms with Crippen molar-refractivity contribution in [1.29, 1.82) is 0 Å². The Morgan fingerprint density at radius 1 is 1.29 bits per heavy atom. The first-order valence-corrected chi connectivity index (χ1v) is 5.97. The summed E-state index contributed by atoms with van der Waals surface area (Å²) in [6.45, 7) is 3.38. The van der Waals surface area contributed by atoms with E-state index in [4.69, 9.17) is 13.7 Å². The van der Waals surface area contributed by atoms with Gasteiger partial charge in [0.25, 0.3) is 0 Å². The number of carbonyl (C=O) groups excluding carboxylic acids is 1. The predicted molar refractivity (Wildman–Crippen MR) is 66.5 cm³/mol. The van der Waals surface area contributed by atoms with Gasteiger partial charge in [-0.3, -0.25) is 4.79 Å². The van der Waals surface area contributed by atoms with Crippen LogP contribution < -0.4 is 9.47 Å². The quantitative estimate of drug-likeness (QED) is 0.758. The van der Waals surface area contributed by atoms with E-state index in [0.717, 1.165) is 28.9 Å². The van der Waals surface area contributed by atoms with Crippen molar-refractivity contribution in [3.05, 3.63) is 17.7 Å². The van der Waals surface area contributed by atoms with E-state index >= 15 is 0 Å². The molecule has 0 aliphatic heterocycles. The molecule has 4 nitrogen and oxygen atoms in total. The first-order valence-electron chi connectivity index (χ1n) is 5.23. The molecule has 0 bridgehead atoms. The molecule has 0 radical (unpaired) electrons. The zero-order valence-corrected chi connectivity index (χ0v) is 11.2. The van der Waals surface area contributed by atoms with Gasteiger partial charge in [0, 0.05) is 12.5 Å². The highest BCUT2D eigenvalue weighted by Gasteiger charge is 2.15. The number of rotatable bonds is 5. The number of hydrogen-bond acceptors (Lipinski definition) is 5. The number of benzene rings is 1. The fourth-order valence-electron chi connectivity index (χ4n) is 1.49. The fourth-order valence-corrected chi connectivity index (χ4v) is 2.16. The van der Waals surface area contributed by atoms with E-state index in [2.05, 4.69) is 0 Å². The zero-order valence-electron chi connectivity index (χ0n) is 10.4. The van der Waals surface area contributed by atoms with Gasteiger partial charge in [0.1, 0.15) is 0 Å². The molecule has 0 spiro atoms. The van der Waals surface area contributed by atoms with Crippen molar-refractivity contribution in [3.63, 3.8) is 0 Å². The predicted octanol–water partition coefficient (Wildman–Crippen LogP) is 2.84. The minimum atomic E-state index is -0.327. The summed E-state index contributed by atoms with van der Waals surface area (Å²) in [6.07, 6.45) is 0.768. The number of methoxy groups -OCH3 is 2. The van der Waals surface area contributed by atoms with E-state index < -0.39 is 0 Å². The second-order valence-electron chi connectivity index (χ2n) is 3.29. The van der Waals surface area contributed by atoms with E-state index in [1.807, 2.05) is 13.0 Å². The lowest BCUT2D eigenvalue weighted by atomic mass is 10.1. The van der Waals surface area contributed by atoms with Crippen molar-refractivity contribution in [2.45, 2.75) is 25.2 Å². The van der Waals surface area contributed by atoms with E-state index in [9.17, 15) is 4.79 Å². The van der Waals surface area contributed by atoms with Crippen LogP contribution in [0.15, 0.2) is 17.0 Å². The van der Waals surface area contributed by atoms with Crippen LogP contribution in [0.4, 0.5) is 0 Å². The number of ether oxygens (including phenoxy) is 2. The van der Waals surface area contributed by atoms with E-state index in [0.29, 0.717) is 11.5 Å². The third-order valence-electron chi connectivity index (χ3n) is 2.21. The third-order valence-corrected chi connectivity index (χ3v) is 3.09.